The van der Waals surface area contributed by atoms with E-state index < -0.39 is 0 Å². The maximum atomic E-state index is 12.5. The Balaban J connectivity index is 1.43. The van der Waals surface area contributed by atoms with Gasteiger partial charge in [-0.05, 0) is 85.8 Å². The van der Waals surface area contributed by atoms with E-state index in [0.717, 1.165) is 16.9 Å². The van der Waals surface area contributed by atoms with Crippen molar-refractivity contribution in [2.45, 2.75) is 13.8 Å². The molecule has 3 aromatic carbocycles. The number of aliphatic imine (C=N–C) groups is 1. The third-order valence-electron chi connectivity index (χ3n) is 5.21. The van der Waals surface area contributed by atoms with Crippen molar-refractivity contribution in [3.05, 3.63) is 82.8 Å². The molecule has 1 aliphatic heterocycles. The lowest BCUT2D eigenvalue weighted by Crippen LogP contribution is -2.20. The quantitative estimate of drug-likeness (QED) is 0.373. The highest BCUT2D eigenvalue weighted by Crippen LogP contribution is 2.32. The van der Waals surface area contributed by atoms with E-state index in [1.54, 1.807) is 31.4 Å². The molecule has 1 fully saturated rings. The van der Waals surface area contributed by atoms with E-state index in [-0.39, 0.29) is 18.4 Å². The fourth-order valence-corrected chi connectivity index (χ4v) is 4.23. The summed E-state index contributed by atoms with van der Waals surface area (Å²) < 4.78 is 16.6. The van der Waals surface area contributed by atoms with Crippen LogP contribution in [-0.4, -0.2) is 37.3 Å². The lowest BCUT2D eigenvalue weighted by Gasteiger charge is -2.13. The number of hydrogen-bond donors (Lipinski definition) is 2. The van der Waals surface area contributed by atoms with Crippen LogP contribution < -0.4 is 24.8 Å². The molecular formula is C28H27N3O5S. The van der Waals surface area contributed by atoms with Crippen LogP contribution in [0.2, 0.25) is 0 Å². The van der Waals surface area contributed by atoms with Crippen LogP contribution in [0.25, 0.3) is 6.08 Å². The number of nitrogens with one attached hydrogen (secondary N) is 2. The van der Waals surface area contributed by atoms with Gasteiger partial charge in [0.15, 0.2) is 23.3 Å². The highest BCUT2D eigenvalue weighted by atomic mass is 32.2. The van der Waals surface area contributed by atoms with E-state index in [9.17, 15) is 9.59 Å². The van der Waals surface area contributed by atoms with E-state index in [0.29, 0.717) is 39.6 Å². The van der Waals surface area contributed by atoms with Crippen LogP contribution in [0.3, 0.4) is 0 Å². The van der Waals surface area contributed by atoms with Gasteiger partial charge in [-0.15, -0.1) is 0 Å². The summed E-state index contributed by atoms with van der Waals surface area (Å²) in [6.07, 6.45) is 1.76. The largest absolute Gasteiger partial charge is 0.497 e. The van der Waals surface area contributed by atoms with E-state index in [2.05, 4.69) is 15.6 Å². The first kappa shape index (κ1) is 25.8. The number of amidine groups is 1. The number of carbonyl (C=O) groups excluding carboxylic acids is 2. The predicted molar refractivity (Wildman–Crippen MR) is 147 cm³/mol. The number of carbonyl (C=O) groups is 2. The second kappa shape index (κ2) is 12.1. The zero-order valence-corrected chi connectivity index (χ0v) is 21.6. The van der Waals surface area contributed by atoms with Gasteiger partial charge in [-0.3, -0.25) is 9.59 Å². The smallest absolute Gasteiger partial charge is 0.264 e. The second-order valence-electron chi connectivity index (χ2n) is 8.02. The summed E-state index contributed by atoms with van der Waals surface area (Å²) in [5, 5.41) is 6.08. The first-order valence-electron chi connectivity index (χ1n) is 11.6. The molecule has 2 N–H and O–H groups in total. The third-order valence-corrected chi connectivity index (χ3v) is 6.12. The fraction of sp³-hybridized carbons (Fsp3) is 0.179. The maximum absolute atomic E-state index is 12.5. The number of amides is 2. The van der Waals surface area contributed by atoms with Crippen molar-refractivity contribution in [2.75, 3.05) is 25.6 Å². The number of methoxy groups -OCH3 is 1. The van der Waals surface area contributed by atoms with E-state index in [1.807, 2.05) is 62.4 Å². The molecule has 1 saturated heterocycles. The summed E-state index contributed by atoms with van der Waals surface area (Å²) in [5.41, 5.74) is 3.27. The maximum Gasteiger partial charge on any atom is 0.264 e. The van der Waals surface area contributed by atoms with Gasteiger partial charge in [0.1, 0.15) is 5.75 Å². The average molecular weight is 518 g/mol. The molecule has 190 valence electrons. The number of nitrogens with zero attached hydrogens (tertiary/aromatic N) is 1. The van der Waals surface area contributed by atoms with Gasteiger partial charge in [0.2, 0.25) is 0 Å². The molecule has 0 aliphatic carbocycles. The van der Waals surface area contributed by atoms with Crippen LogP contribution in [0, 0.1) is 6.92 Å². The predicted octanol–water partition coefficient (Wildman–Crippen LogP) is 5.31. The highest BCUT2D eigenvalue weighted by Gasteiger charge is 2.24. The highest BCUT2D eigenvalue weighted by molar-refractivity contribution is 8.18. The van der Waals surface area contributed by atoms with Crippen molar-refractivity contribution in [3.63, 3.8) is 0 Å². The molecule has 0 aromatic heterocycles. The number of hydrogen-bond acceptors (Lipinski definition) is 7. The summed E-state index contributed by atoms with van der Waals surface area (Å²) in [5.74, 6) is 1.14. The first-order valence-corrected chi connectivity index (χ1v) is 12.4. The molecular weight excluding hydrogens is 490 g/mol. The van der Waals surface area contributed by atoms with Gasteiger partial charge in [-0.1, -0.05) is 23.8 Å². The summed E-state index contributed by atoms with van der Waals surface area (Å²) in [6, 6.07) is 20.1. The van der Waals surface area contributed by atoms with Gasteiger partial charge in [0.25, 0.3) is 11.8 Å². The molecule has 4 rings (SSSR count). The van der Waals surface area contributed by atoms with Crippen LogP contribution in [0.4, 0.5) is 11.4 Å². The molecule has 0 saturated carbocycles. The Bertz CT molecular complexity index is 1330. The van der Waals surface area contributed by atoms with Gasteiger partial charge in [-0.25, -0.2) is 4.99 Å². The summed E-state index contributed by atoms with van der Waals surface area (Å²) >= 11 is 1.25. The summed E-state index contributed by atoms with van der Waals surface area (Å²) in [7, 11) is 1.60. The number of ether oxygens (including phenoxy) is 3. The van der Waals surface area contributed by atoms with Gasteiger partial charge >= 0.3 is 0 Å². The molecule has 0 spiro atoms. The number of benzene rings is 3. The van der Waals surface area contributed by atoms with Crippen molar-refractivity contribution < 1.29 is 23.8 Å². The molecule has 1 heterocycles. The Morgan fingerprint density at radius 3 is 2.49 bits per heavy atom. The lowest BCUT2D eigenvalue weighted by molar-refractivity contribution is -0.118. The van der Waals surface area contributed by atoms with Gasteiger partial charge in [0, 0.05) is 5.69 Å². The van der Waals surface area contributed by atoms with E-state index >= 15 is 0 Å². The van der Waals surface area contributed by atoms with Crippen LogP contribution >= 0.6 is 11.8 Å². The molecule has 37 heavy (non-hydrogen) atoms. The molecule has 8 nitrogen and oxygen atoms in total. The molecule has 0 atom stereocenters. The zero-order valence-electron chi connectivity index (χ0n) is 20.7. The number of anilines is 1. The van der Waals surface area contributed by atoms with Crippen molar-refractivity contribution in [1.29, 1.82) is 0 Å². The minimum atomic E-state index is -0.278. The molecule has 1 aliphatic rings. The van der Waals surface area contributed by atoms with Crippen LogP contribution in [0.5, 0.6) is 17.2 Å². The van der Waals surface area contributed by atoms with Crippen molar-refractivity contribution in [3.8, 4) is 17.2 Å². The van der Waals surface area contributed by atoms with Crippen molar-refractivity contribution >= 4 is 46.2 Å². The second-order valence-corrected chi connectivity index (χ2v) is 9.05. The van der Waals surface area contributed by atoms with E-state index in [1.165, 1.54) is 11.8 Å². The summed E-state index contributed by atoms with van der Waals surface area (Å²) in [6.45, 7) is 4.09. The summed E-state index contributed by atoms with van der Waals surface area (Å²) in [4.78, 5) is 29.8. The van der Waals surface area contributed by atoms with Gasteiger partial charge in [0.05, 0.1) is 24.3 Å². The minimum Gasteiger partial charge on any atom is -0.497 e. The number of aryl methyl sites for hydroxylation is 1. The topological polar surface area (TPSA) is 98.2 Å². The van der Waals surface area contributed by atoms with Gasteiger partial charge in [-0.2, -0.15) is 0 Å². The molecule has 9 heteroatoms. The van der Waals surface area contributed by atoms with Gasteiger partial charge < -0.3 is 24.8 Å². The molecule has 0 unspecified atom stereocenters. The molecule has 0 radical (unpaired) electrons. The molecule has 3 aromatic rings. The molecule has 0 bridgehead atoms. The van der Waals surface area contributed by atoms with E-state index in [4.69, 9.17) is 14.2 Å². The standard InChI is InChI=1S/C28H27N3O5S/c1-4-35-24-15-19(7-14-23(24)36-17-26(32)29-20-8-5-18(2)6-9-20)16-25-27(33)31-28(37-25)30-21-10-12-22(34-3)13-11-21/h5-16H,4,17H2,1-3H3,(H,29,32)(H,30,31,33)/b25-16+. The average Bonchev–Trinajstić information content (AvgIpc) is 3.23. The third kappa shape index (κ3) is 7.14. The Morgan fingerprint density at radius 2 is 1.78 bits per heavy atom. The lowest BCUT2D eigenvalue weighted by atomic mass is 10.2. The SMILES string of the molecule is CCOc1cc(/C=C2/SC(=Nc3ccc(OC)cc3)NC2=O)ccc1OCC(=O)Nc1ccc(C)cc1. The Kier molecular flexibility index (Phi) is 8.48. The minimum absolute atomic E-state index is 0.169. The zero-order chi connectivity index (χ0) is 26.2. The van der Waals surface area contributed by atoms with Crippen LogP contribution in [-0.2, 0) is 9.59 Å². The molecule has 2 amide bonds. The Morgan fingerprint density at radius 1 is 1.03 bits per heavy atom. The van der Waals surface area contributed by atoms with Crippen molar-refractivity contribution in [2.24, 2.45) is 4.99 Å². The first-order chi connectivity index (χ1) is 17.9. The fourth-order valence-electron chi connectivity index (χ4n) is 3.39. The van der Waals surface area contributed by atoms with Crippen molar-refractivity contribution in [1.82, 2.24) is 5.32 Å². The van der Waals surface area contributed by atoms with Crippen LogP contribution in [0.15, 0.2) is 76.6 Å². The van der Waals surface area contributed by atoms with Crippen LogP contribution in [0.1, 0.15) is 18.1 Å². The Hall–Kier alpha value is -4.24. The normalized spacial score (nSPS) is 14.9. The number of thioether (sulfide) groups is 1. The number of rotatable bonds is 9. The monoisotopic (exact) mass is 517 g/mol. The Labute approximate surface area is 219 Å².